The summed E-state index contributed by atoms with van der Waals surface area (Å²) in [6.45, 7) is 3.58. The van der Waals surface area contributed by atoms with Crippen LogP contribution in [0.1, 0.15) is 17.7 Å². The summed E-state index contributed by atoms with van der Waals surface area (Å²) in [4.78, 5) is 4.41. The van der Waals surface area contributed by atoms with Crippen molar-refractivity contribution in [1.29, 1.82) is 0 Å². The number of hydrogen-bond donors (Lipinski definition) is 0. The van der Waals surface area contributed by atoms with Crippen LogP contribution in [0.3, 0.4) is 0 Å². The van der Waals surface area contributed by atoms with Crippen LogP contribution < -0.4 is 14.2 Å². The van der Waals surface area contributed by atoms with E-state index >= 15 is 0 Å². The van der Waals surface area contributed by atoms with E-state index in [9.17, 15) is 0 Å². The maximum Gasteiger partial charge on any atom is 0.242 e. The molecule has 0 bridgehead atoms. The number of hydrogen-bond acceptors (Lipinski definition) is 6. The molecule has 0 N–H and O–H groups in total. The minimum atomic E-state index is 0.452. The van der Waals surface area contributed by atoms with Crippen LogP contribution in [-0.4, -0.2) is 39.6 Å². The summed E-state index contributed by atoms with van der Waals surface area (Å²) >= 11 is 6.32. The van der Waals surface area contributed by atoms with Gasteiger partial charge in [-0.1, -0.05) is 16.8 Å². The van der Waals surface area contributed by atoms with Gasteiger partial charge in [0.1, 0.15) is 5.52 Å². The standard InChI is InChI=1S/C17H17ClN4O3/c1-11-10-22-14(9-19-21-22)17(20-11)25-6-3-12-7-13(18)16-15(8-12)23-4-2-5-24-16/h7-10H,2-6H2,1H3. The molecular formula is C17H17ClN4O3. The molecule has 0 spiro atoms. The fourth-order valence-electron chi connectivity index (χ4n) is 2.72. The Labute approximate surface area is 149 Å². The maximum absolute atomic E-state index is 6.32. The highest BCUT2D eigenvalue weighted by molar-refractivity contribution is 6.32. The van der Waals surface area contributed by atoms with Crippen molar-refractivity contribution in [2.45, 2.75) is 19.8 Å². The van der Waals surface area contributed by atoms with E-state index in [-0.39, 0.29) is 0 Å². The van der Waals surface area contributed by atoms with Gasteiger partial charge in [-0.2, -0.15) is 0 Å². The normalized spacial score (nSPS) is 13.7. The lowest BCUT2D eigenvalue weighted by Gasteiger charge is -2.12. The second kappa shape index (κ2) is 6.76. The van der Waals surface area contributed by atoms with E-state index in [1.807, 2.05) is 19.1 Å². The van der Waals surface area contributed by atoms with Crippen LogP contribution in [0, 0.1) is 6.92 Å². The summed E-state index contributed by atoms with van der Waals surface area (Å²) < 4.78 is 18.9. The third kappa shape index (κ3) is 3.32. The molecular weight excluding hydrogens is 344 g/mol. The number of rotatable bonds is 4. The number of fused-ring (bicyclic) bond motifs is 2. The van der Waals surface area contributed by atoms with E-state index < -0.39 is 0 Å². The molecule has 0 amide bonds. The Kier molecular flexibility index (Phi) is 4.31. The molecule has 1 aliphatic rings. The van der Waals surface area contributed by atoms with Crippen LogP contribution >= 0.6 is 11.6 Å². The van der Waals surface area contributed by atoms with E-state index in [1.165, 1.54) is 0 Å². The van der Waals surface area contributed by atoms with Gasteiger partial charge in [-0.15, -0.1) is 5.10 Å². The van der Waals surface area contributed by atoms with Gasteiger partial charge in [0, 0.05) is 12.8 Å². The predicted octanol–water partition coefficient (Wildman–Crippen LogP) is 2.87. The third-order valence-corrected chi connectivity index (χ3v) is 4.15. The van der Waals surface area contributed by atoms with Gasteiger partial charge in [-0.25, -0.2) is 9.50 Å². The molecule has 0 radical (unpaired) electrons. The Morgan fingerprint density at radius 2 is 2.16 bits per heavy atom. The van der Waals surface area contributed by atoms with Crippen LogP contribution in [0.4, 0.5) is 0 Å². The smallest absolute Gasteiger partial charge is 0.242 e. The second-order valence-corrected chi connectivity index (χ2v) is 6.21. The fourth-order valence-corrected chi connectivity index (χ4v) is 3.00. The first kappa shape index (κ1) is 16.0. The molecule has 3 aromatic rings. The molecule has 0 saturated carbocycles. The van der Waals surface area contributed by atoms with E-state index in [2.05, 4.69) is 15.3 Å². The van der Waals surface area contributed by atoms with Crippen LogP contribution in [0.2, 0.25) is 5.02 Å². The van der Waals surface area contributed by atoms with E-state index in [4.69, 9.17) is 25.8 Å². The van der Waals surface area contributed by atoms with Gasteiger partial charge in [0.05, 0.1) is 42.9 Å². The Hall–Kier alpha value is -2.54. The van der Waals surface area contributed by atoms with E-state index in [0.29, 0.717) is 48.6 Å². The Bertz CT molecular complexity index is 912. The van der Waals surface area contributed by atoms with Crippen LogP contribution in [0.25, 0.3) is 5.52 Å². The van der Waals surface area contributed by atoms with E-state index in [1.54, 1.807) is 16.9 Å². The number of ether oxygens (including phenoxy) is 3. The van der Waals surface area contributed by atoms with Crippen molar-refractivity contribution < 1.29 is 14.2 Å². The average molecular weight is 361 g/mol. The second-order valence-electron chi connectivity index (χ2n) is 5.81. The maximum atomic E-state index is 6.32. The summed E-state index contributed by atoms with van der Waals surface area (Å²) in [6, 6.07) is 3.84. The molecule has 0 saturated heterocycles. The van der Waals surface area contributed by atoms with Crippen molar-refractivity contribution >= 4 is 17.1 Å². The van der Waals surface area contributed by atoms with Gasteiger partial charge >= 0.3 is 0 Å². The molecule has 0 aliphatic carbocycles. The average Bonchev–Trinajstić information content (AvgIpc) is 2.91. The first-order valence-electron chi connectivity index (χ1n) is 8.09. The molecule has 0 atom stereocenters. The van der Waals surface area contributed by atoms with E-state index in [0.717, 1.165) is 23.2 Å². The summed E-state index contributed by atoms with van der Waals surface area (Å²) in [5, 5.41) is 8.42. The minimum absolute atomic E-state index is 0.452. The SMILES string of the molecule is Cc1cn2nncc2c(OCCc2cc(Cl)c3c(c2)OCCCO3)n1. The molecule has 8 heteroatoms. The Balaban J connectivity index is 1.49. The lowest BCUT2D eigenvalue weighted by Crippen LogP contribution is -2.06. The van der Waals surface area contributed by atoms with Gasteiger partial charge in [0.15, 0.2) is 11.5 Å². The highest BCUT2D eigenvalue weighted by atomic mass is 35.5. The monoisotopic (exact) mass is 360 g/mol. The molecule has 3 heterocycles. The minimum Gasteiger partial charge on any atom is -0.489 e. The summed E-state index contributed by atoms with van der Waals surface area (Å²) in [5.74, 6) is 1.83. The topological polar surface area (TPSA) is 70.8 Å². The number of benzene rings is 1. The number of halogens is 1. The fraction of sp³-hybridized carbons (Fsp3) is 0.353. The van der Waals surface area contributed by atoms with Gasteiger partial charge in [-0.3, -0.25) is 0 Å². The van der Waals surface area contributed by atoms with Crippen molar-refractivity contribution in [1.82, 2.24) is 19.8 Å². The highest BCUT2D eigenvalue weighted by Gasteiger charge is 2.16. The zero-order chi connectivity index (χ0) is 17.2. The van der Waals surface area contributed by atoms with Crippen molar-refractivity contribution in [3.8, 4) is 17.4 Å². The molecule has 25 heavy (non-hydrogen) atoms. The quantitative estimate of drug-likeness (QED) is 0.712. The zero-order valence-electron chi connectivity index (χ0n) is 13.7. The van der Waals surface area contributed by atoms with Gasteiger partial charge in [0.2, 0.25) is 5.88 Å². The number of nitrogens with zero attached hydrogens (tertiary/aromatic N) is 4. The third-order valence-electron chi connectivity index (χ3n) is 3.87. The largest absolute Gasteiger partial charge is 0.489 e. The Morgan fingerprint density at radius 1 is 1.28 bits per heavy atom. The lowest BCUT2D eigenvalue weighted by molar-refractivity contribution is 0.296. The van der Waals surface area contributed by atoms with Crippen LogP contribution in [0.15, 0.2) is 24.5 Å². The molecule has 4 rings (SSSR count). The molecule has 2 aromatic heterocycles. The van der Waals surface area contributed by atoms with Gasteiger partial charge < -0.3 is 14.2 Å². The van der Waals surface area contributed by atoms with Crippen molar-refractivity contribution in [3.63, 3.8) is 0 Å². The molecule has 1 aromatic carbocycles. The van der Waals surface area contributed by atoms with Gasteiger partial charge in [-0.05, 0) is 24.6 Å². The highest BCUT2D eigenvalue weighted by Crippen LogP contribution is 2.38. The molecule has 7 nitrogen and oxygen atoms in total. The first-order valence-corrected chi connectivity index (χ1v) is 8.47. The summed E-state index contributed by atoms with van der Waals surface area (Å²) in [5.41, 5.74) is 2.57. The number of aryl methyl sites for hydroxylation is 1. The lowest BCUT2D eigenvalue weighted by atomic mass is 10.1. The summed E-state index contributed by atoms with van der Waals surface area (Å²) in [7, 11) is 0. The zero-order valence-corrected chi connectivity index (χ0v) is 14.5. The molecule has 130 valence electrons. The molecule has 0 fully saturated rings. The number of aromatic nitrogens is 4. The van der Waals surface area contributed by atoms with Gasteiger partial charge in [0.25, 0.3) is 0 Å². The first-order chi connectivity index (χ1) is 12.2. The van der Waals surface area contributed by atoms with Crippen LogP contribution in [-0.2, 0) is 6.42 Å². The van der Waals surface area contributed by atoms with Crippen molar-refractivity contribution in [3.05, 3.63) is 40.8 Å². The molecule has 1 aliphatic heterocycles. The van der Waals surface area contributed by atoms with Crippen molar-refractivity contribution in [2.24, 2.45) is 0 Å². The van der Waals surface area contributed by atoms with Crippen molar-refractivity contribution in [2.75, 3.05) is 19.8 Å². The summed E-state index contributed by atoms with van der Waals surface area (Å²) in [6.07, 6.45) is 4.95. The van der Waals surface area contributed by atoms with Crippen LogP contribution in [0.5, 0.6) is 17.4 Å². The predicted molar refractivity (Wildman–Crippen MR) is 91.8 cm³/mol. The Morgan fingerprint density at radius 3 is 3.08 bits per heavy atom. The molecule has 0 unspecified atom stereocenters.